The van der Waals surface area contributed by atoms with Crippen LogP contribution in [0.3, 0.4) is 0 Å². The number of nitrogens with one attached hydrogen (secondary N) is 1. The maximum Gasteiger partial charge on any atom is 0.338 e. The molecule has 0 saturated carbocycles. The molecule has 3 rings (SSSR count). The number of aliphatic imine (C=N–C) groups is 2. The molecule has 0 saturated heterocycles. The van der Waals surface area contributed by atoms with E-state index in [0.29, 0.717) is 72.5 Å². The van der Waals surface area contributed by atoms with Crippen LogP contribution in [-0.4, -0.2) is 55.2 Å². The van der Waals surface area contributed by atoms with Gasteiger partial charge in [-0.15, -0.1) is 0 Å². The molecule has 0 fully saturated rings. The molecule has 1 unspecified atom stereocenters. The number of nitrogens with two attached hydrogens (primary N) is 1. The summed E-state index contributed by atoms with van der Waals surface area (Å²) in [4.78, 5) is 78.6. The minimum atomic E-state index is -0.988. The Labute approximate surface area is 289 Å². The number of carbonyl (C=O) groups is 4. The highest BCUT2D eigenvalue weighted by Gasteiger charge is 2.23. The molecule has 0 aliphatic carbocycles. The van der Waals surface area contributed by atoms with E-state index in [9.17, 15) is 28.8 Å². The Morgan fingerprint density at radius 1 is 0.780 bits per heavy atom. The molecule has 50 heavy (non-hydrogen) atoms. The van der Waals surface area contributed by atoms with Crippen LogP contribution in [0, 0.1) is 6.92 Å². The number of amides is 1. The minimum Gasteiger partial charge on any atom is -0.464 e. The van der Waals surface area contributed by atoms with Crippen LogP contribution in [0.4, 0.5) is 17.1 Å². The third-order valence-electron chi connectivity index (χ3n) is 7.44. The summed E-state index contributed by atoms with van der Waals surface area (Å²) in [7, 11) is 0. The fraction of sp³-hybridized carbons (Fsp3) is 0.351. The summed E-state index contributed by atoms with van der Waals surface area (Å²) in [5.74, 6) is -1.50. The SMILES string of the molecule is Cc1ccc(CC(NC(=O)CCCCCOC(=O)c2ccc(N)cc2)C(=O)OCCCCCC(=O)Oc2ccc(N=C=O)cc2)cc1N=C=O. The number of ether oxygens (including phenoxy) is 3. The third-order valence-corrected chi connectivity index (χ3v) is 7.44. The molecule has 0 radical (unpaired) electrons. The largest absolute Gasteiger partial charge is 0.464 e. The maximum atomic E-state index is 13.1. The average Bonchev–Trinajstić information content (AvgIpc) is 3.10. The Balaban J connectivity index is 1.43. The highest BCUT2D eigenvalue weighted by atomic mass is 16.5. The van der Waals surface area contributed by atoms with Crippen molar-refractivity contribution in [2.24, 2.45) is 9.98 Å². The number of nitrogens with zero attached hydrogens (tertiary/aromatic N) is 2. The van der Waals surface area contributed by atoms with E-state index in [2.05, 4.69) is 15.3 Å². The van der Waals surface area contributed by atoms with E-state index in [4.69, 9.17) is 19.9 Å². The lowest BCUT2D eigenvalue weighted by Gasteiger charge is -2.18. The van der Waals surface area contributed by atoms with Gasteiger partial charge in [0.1, 0.15) is 11.8 Å². The number of hydrogen-bond donors (Lipinski definition) is 2. The van der Waals surface area contributed by atoms with Crippen molar-refractivity contribution in [3.63, 3.8) is 0 Å². The molecule has 3 aromatic rings. The summed E-state index contributed by atoms with van der Waals surface area (Å²) in [6, 6.07) is 16.8. The molecule has 0 aliphatic heterocycles. The first-order valence-electron chi connectivity index (χ1n) is 16.2. The molecule has 1 amide bonds. The molecule has 0 aliphatic rings. The number of anilines is 1. The van der Waals surface area contributed by atoms with E-state index in [1.165, 1.54) is 36.4 Å². The van der Waals surface area contributed by atoms with E-state index in [-0.39, 0.29) is 38.4 Å². The van der Waals surface area contributed by atoms with Gasteiger partial charge < -0.3 is 25.3 Å². The molecular weight excluding hydrogens is 644 g/mol. The topological polar surface area (TPSA) is 193 Å². The van der Waals surface area contributed by atoms with Crippen molar-refractivity contribution in [3.8, 4) is 5.75 Å². The lowest BCUT2D eigenvalue weighted by molar-refractivity contribution is -0.148. The molecule has 13 nitrogen and oxygen atoms in total. The number of esters is 3. The number of aryl methyl sites for hydroxylation is 1. The van der Waals surface area contributed by atoms with Crippen molar-refractivity contribution in [1.29, 1.82) is 0 Å². The van der Waals surface area contributed by atoms with Gasteiger partial charge in [0.25, 0.3) is 0 Å². The summed E-state index contributed by atoms with van der Waals surface area (Å²) < 4.78 is 16.0. The number of isocyanates is 2. The van der Waals surface area contributed by atoms with Crippen LogP contribution in [-0.2, 0) is 39.9 Å². The van der Waals surface area contributed by atoms with Gasteiger partial charge in [-0.2, -0.15) is 9.98 Å². The summed E-state index contributed by atoms with van der Waals surface area (Å²) in [6.07, 6.45) is 6.66. The Kier molecular flexibility index (Phi) is 16.3. The second kappa shape index (κ2) is 21.1. The van der Waals surface area contributed by atoms with Crippen LogP contribution < -0.4 is 15.8 Å². The number of hydrogen-bond acceptors (Lipinski definition) is 12. The molecule has 262 valence electrons. The molecule has 1 atom stereocenters. The molecule has 0 bridgehead atoms. The smallest absolute Gasteiger partial charge is 0.338 e. The molecule has 3 aromatic carbocycles. The van der Waals surface area contributed by atoms with Crippen LogP contribution >= 0.6 is 0 Å². The van der Waals surface area contributed by atoms with Crippen molar-refractivity contribution in [2.75, 3.05) is 18.9 Å². The zero-order valence-corrected chi connectivity index (χ0v) is 27.9. The van der Waals surface area contributed by atoms with Crippen molar-refractivity contribution >= 4 is 53.0 Å². The van der Waals surface area contributed by atoms with Gasteiger partial charge in [-0.1, -0.05) is 12.1 Å². The van der Waals surface area contributed by atoms with Crippen molar-refractivity contribution in [1.82, 2.24) is 5.32 Å². The van der Waals surface area contributed by atoms with E-state index in [0.717, 1.165) is 5.56 Å². The van der Waals surface area contributed by atoms with Gasteiger partial charge in [0, 0.05) is 24.9 Å². The Morgan fingerprint density at radius 2 is 1.44 bits per heavy atom. The summed E-state index contributed by atoms with van der Waals surface area (Å²) in [5, 5.41) is 2.76. The first-order chi connectivity index (χ1) is 24.2. The minimum absolute atomic E-state index is 0.0859. The second-order valence-corrected chi connectivity index (χ2v) is 11.4. The number of unbranched alkanes of at least 4 members (excludes halogenated alkanes) is 4. The van der Waals surface area contributed by atoms with Gasteiger partial charge in [-0.3, -0.25) is 9.59 Å². The molecule has 0 aromatic heterocycles. The van der Waals surface area contributed by atoms with Crippen LogP contribution in [0.1, 0.15) is 72.9 Å². The molecule has 13 heteroatoms. The summed E-state index contributed by atoms with van der Waals surface area (Å²) in [5.41, 5.74) is 8.82. The monoisotopic (exact) mass is 684 g/mol. The van der Waals surface area contributed by atoms with Gasteiger partial charge in [0.15, 0.2) is 0 Å². The fourth-order valence-electron chi connectivity index (χ4n) is 4.72. The Morgan fingerprint density at radius 3 is 2.12 bits per heavy atom. The molecular formula is C37H40N4O9. The van der Waals surface area contributed by atoms with Crippen LogP contribution in [0.2, 0.25) is 0 Å². The van der Waals surface area contributed by atoms with Crippen molar-refractivity contribution in [2.45, 2.75) is 70.8 Å². The van der Waals surface area contributed by atoms with Gasteiger partial charge >= 0.3 is 17.9 Å². The van der Waals surface area contributed by atoms with E-state index in [1.54, 1.807) is 49.4 Å². The number of rotatable bonds is 20. The highest BCUT2D eigenvalue weighted by molar-refractivity contribution is 5.89. The lowest BCUT2D eigenvalue weighted by atomic mass is 10.0. The highest BCUT2D eigenvalue weighted by Crippen LogP contribution is 2.21. The zero-order chi connectivity index (χ0) is 36.1. The van der Waals surface area contributed by atoms with Crippen LogP contribution in [0.5, 0.6) is 5.75 Å². The standard InChI is InChI=1S/C37H40N4O9/c1-26-10-11-27(22-32(26)40-25-43)23-33(41-34(44)8-4-2-6-20-48-36(46)28-12-14-29(38)15-13-28)37(47)49-21-7-3-5-9-35(45)50-31-18-16-30(17-19-31)39-24-42/h10-19,22,33H,2-9,20-21,23,38H2,1H3,(H,41,44). The fourth-order valence-corrected chi connectivity index (χ4v) is 4.72. The van der Waals surface area contributed by atoms with E-state index < -0.39 is 23.9 Å². The summed E-state index contributed by atoms with van der Waals surface area (Å²) >= 11 is 0. The Bertz CT molecular complexity index is 1690. The molecule has 0 spiro atoms. The maximum absolute atomic E-state index is 13.1. The molecule has 3 N–H and O–H groups in total. The van der Waals surface area contributed by atoms with Gasteiger partial charge in [-0.25, -0.2) is 19.2 Å². The van der Waals surface area contributed by atoms with Crippen molar-refractivity contribution in [3.05, 3.63) is 83.4 Å². The molecule has 0 heterocycles. The zero-order valence-electron chi connectivity index (χ0n) is 27.9. The number of nitrogen functional groups attached to an aromatic ring is 1. The quantitative estimate of drug-likeness (QED) is 0.0374. The van der Waals surface area contributed by atoms with Gasteiger partial charge in [-0.05, 0) is 111 Å². The van der Waals surface area contributed by atoms with Crippen LogP contribution in [0.25, 0.3) is 0 Å². The van der Waals surface area contributed by atoms with E-state index in [1.807, 2.05) is 0 Å². The van der Waals surface area contributed by atoms with Crippen molar-refractivity contribution < 1.29 is 43.0 Å². The van der Waals surface area contributed by atoms with Gasteiger partial charge in [0.05, 0.1) is 30.2 Å². The first-order valence-corrected chi connectivity index (χ1v) is 16.2. The van der Waals surface area contributed by atoms with E-state index >= 15 is 0 Å². The second-order valence-electron chi connectivity index (χ2n) is 11.4. The lowest BCUT2D eigenvalue weighted by Crippen LogP contribution is -2.43. The number of benzene rings is 3. The predicted molar refractivity (Wildman–Crippen MR) is 183 cm³/mol. The predicted octanol–water partition coefficient (Wildman–Crippen LogP) is 5.67. The average molecular weight is 685 g/mol. The Hall–Kier alpha value is -5.90. The normalized spacial score (nSPS) is 10.9. The third kappa shape index (κ3) is 14.1. The van der Waals surface area contributed by atoms with Gasteiger partial charge in [0.2, 0.25) is 18.1 Å². The number of carbonyl (C=O) groups excluding carboxylic acids is 6. The first kappa shape index (κ1) is 38.5. The summed E-state index contributed by atoms with van der Waals surface area (Å²) in [6.45, 7) is 2.07. The van der Waals surface area contributed by atoms with Crippen LogP contribution in [0.15, 0.2) is 76.7 Å².